The fourth-order valence-electron chi connectivity index (χ4n) is 2.83. The Morgan fingerprint density at radius 1 is 1.29 bits per heavy atom. The first-order valence-electron chi connectivity index (χ1n) is 8.54. The molecular formula is C19H19ClN4O4. The Morgan fingerprint density at radius 3 is 2.71 bits per heavy atom. The number of methoxy groups -OCH3 is 1. The summed E-state index contributed by atoms with van der Waals surface area (Å²) in [6.45, 7) is 2.28. The van der Waals surface area contributed by atoms with Crippen LogP contribution in [0.1, 0.15) is 12.6 Å². The maximum atomic E-state index is 11.9. The molecule has 0 atom stereocenters. The van der Waals surface area contributed by atoms with Gasteiger partial charge < -0.3 is 20.5 Å². The van der Waals surface area contributed by atoms with Gasteiger partial charge in [0.05, 0.1) is 35.6 Å². The molecule has 0 aliphatic carbocycles. The number of aliphatic carboxylic acids is 1. The molecule has 0 bridgehead atoms. The number of carboxylic acids is 1. The third-order valence-electron chi connectivity index (χ3n) is 4.03. The molecular weight excluding hydrogens is 384 g/mol. The first kappa shape index (κ1) is 19.5. The average Bonchev–Trinajstić information content (AvgIpc) is 3.05. The van der Waals surface area contributed by atoms with E-state index >= 15 is 0 Å². The smallest absolute Gasteiger partial charge is 0.319 e. The predicted molar refractivity (Wildman–Crippen MR) is 106 cm³/mol. The Bertz CT molecular complexity index is 1050. The first-order chi connectivity index (χ1) is 13.4. The molecule has 0 radical (unpaired) electrons. The fourth-order valence-corrected chi connectivity index (χ4v) is 3.10. The number of nitrogens with one attached hydrogen (secondary N) is 2. The minimum atomic E-state index is -0.995. The zero-order chi connectivity index (χ0) is 20.3. The van der Waals surface area contributed by atoms with E-state index in [0.717, 1.165) is 5.56 Å². The summed E-state index contributed by atoms with van der Waals surface area (Å²) in [6.07, 6.45) is 1.39. The molecule has 8 nitrogen and oxygen atoms in total. The number of anilines is 1. The largest absolute Gasteiger partial charge is 0.497 e. The van der Waals surface area contributed by atoms with Gasteiger partial charge in [-0.2, -0.15) is 0 Å². The molecule has 1 aromatic carbocycles. The summed E-state index contributed by atoms with van der Waals surface area (Å²) < 4.78 is 6.90. The van der Waals surface area contributed by atoms with Crippen molar-refractivity contribution < 1.29 is 19.4 Å². The number of nitrogens with zero attached hydrogens (tertiary/aromatic N) is 2. The van der Waals surface area contributed by atoms with Crippen LogP contribution in [0.2, 0.25) is 5.02 Å². The summed E-state index contributed by atoms with van der Waals surface area (Å²) in [7, 11) is 1.55. The molecule has 2 aromatic heterocycles. The number of hydrogen-bond donors (Lipinski definition) is 3. The second-order valence-corrected chi connectivity index (χ2v) is 6.37. The van der Waals surface area contributed by atoms with Gasteiger partial charge in [-0.15, -0.1) is 0 Å². The third kappa shape index (κ3) is 4.01. The predicted octanol–water partition coefficient (Wildman–Crippen LogP) is 3.43. The number of fused-ring (bicyclic) bond motifs is 1. The van der Waals surface area contributed by atoms with E-state index in [2.05, 4.69) is 15.6 Å². The van der Waals surface area contributed by atoms with Crippen LogP contribution in [0.15, 0.2) is 36.5 Å². The number of imidazole rings is 1. The van der Waals surface area contributed by atoms with Crippen LogP contribution in [0.25, 0.3) is 16.9 Å². The van der Waals surface area contributed by atoms with Crippen LogP contribution in [0, 0.1) is 0 Å². The normalized spacial score (nSPS) is 10.7. The molecule has 2 heterocycles. The summed E-state index contributed by atoms with van der Waals surface area (Å²) in [5, 5.41) is 15.0. The highest BCUT2D eigenvalue weighted by atomic mass is 35.5. The van der Waals surface area contributed by atoms with E-state index in [4.69, 9.17) is 21.4 Å². The van der Waals surface area contributed by atoms with Crippen molar-refractivity contribution in [2.24, 2.45) is 0 Å². The third-order valence-corrected chi connectivity index (χ3v) is 4.35. The summed E-state index contributed by atoms with van der Waals surface area (Å²) in [5.41, 5.74) is 2.66. The Balaban J connectivity index is 2.14. The van der Waals surface area contributed by atoms with Crippen molar-refractivity contribution >= 4 is 34.9 Å². The Morgan fingerprint density at radius 2 is 2.07 bits per heavy atom. The standard InChI is InChI=1S/C19H19ClN4O4/c1-3-21-19(27)23-15-6-7-16(13-5-4-12(28-2)9-14(13)20)24-10-11(8-17(25)26)22-18(15)24/h4-7,9-10H,3,8H2,1-2H3,(H,25,26)(H2,21,23,27). The van der Waals surface area contributed by atoms with Gasteiger partial charge in [0.25, 0.3) is 0 Å². The number of hydrogen-bond acceptors (Lipinski definition) is 4. The summed E-state index contributed by atoms with van der Waals surface area (Å²) in [5.74, 6) is -0.373. The maximum Gasteiger partial charge on any atom is 0.319 e. The lowest BCUT2D eigenvalue weighted by atomic mass is 10.1. The van der Waals surface area contributed by atoms with Crippen molar-refractivity contribution in [2.45, 2.75) is 13.3 Å². The van der Waals surface area contributed by atoms with Crippen molar-refractivity contribution in [3.8, 4) is 17.0 Å². The van der Waals surface area contributed by atoms with Crippen molar-refractivity contribution in [1.82, 2.24) is 14.7 Å². The molecule has 0 fully saturated rings. The molecule has 3 aromatic rings. The Labute approximate surface area is 166 Å². The molecule has 28 heavy (non-hydrogen) atoms. The van der Waals surface area contributed by atoms with E-state index in [1.54, 1.807) is 42.0 Å². The zero-order valence-electron chi connectivity index (χ0n) is 15.3. The number of rotatable bonds is 6. The van der Waals surface area contributed by atoms with Gasteiger partial charge in [0.2, 0.25) is 0 Å². The quantitative estimate of drug-likeness (QED) is 0.585. The van der Waals surface area contributed by atoms with Gasteiger partial charge >= 0.3 is 12.0 Å². The number of carboxylic acid groups (broad SMARTS) is 1. The van der Waals surface area contributed by atoms with Crippen LogP contribution in [-0.4, -0.2) is 40.1 Å². The highest BCUT2D eigenvalue weighted by Crippen LogP contribution is 2.33. The molecule has 0 unspecified atom stereocenters. The van der Waals surface area contributed by atoms with Gasteiger partial charge in [-0.1, -0.05) is 11.6 Å². The van der Waals surface area contributed by atoms with Gasteiger partial charge in [-0.25, -0.2) is 9.78 Å². The summed E-state index contributed by atoms with van der Waals surface area (Å²) in [6, 6.07) is 8.40. The number of urea groups is 1. The zero-order valence-corrected chi connectivity index (χ0v) is 16.1. The number of pyridine rings is 1. The van der Waals surface area contributed by atoms with E-state index in [-0.39, 0.29) is 12.5 Å². The average molecular weight is 403 g/mol. The van der Waals surface area contributed by atoms with E-state index < -0.39 is 5.97 Å². The van der Waals surface area contributed by atoms with Crippen molar-refractivity contribution in [3.05, 3.63) is 47.2 Å². The van der Waals surface area contributed by atoms with Crippen LogP contribution in [0.5, 0.6) is 5.75 Å². The van der Waals surface area contributed by atoms with Crippen molar-refractivity contribution in [1.29, 1.82) is 0 Å². The molecule has 3 rings (SSSR count). The molecule has 0 saturated carbocycles. The lowest BCUT2D eigenvalue weighted by molar-refractivity contribution is -0.136. The van der Waals surface area contributed by atoms with E-state index in [0.29, 0.717) is 40.0 Å². The van der Waals surface area contributed by atoms with Gasteiger partial charge in [-0.05, 0) is 37.3 Å². The second kappa shape index (κ2) is 8.18. The maximum absolute atomic E-state index is 11.9. The topological polar surface area (TPSA) is 105 Å². The molecule has 0 aliphatic heterocycles. The molecule has 0 aliphatic rings. The first-order valence-corrected chi connectivity index (χ1v) is 8.92. The Kier molecular flexibility index (Phi) is 5.70. The second-order valence-electron chi connectivity index (χ2n) is 5.96. The molecule has 2 amide bonds. The number of aromatic nitrogens is 2. The van der Waals surface area contributed by atoms with Crippen LogP contribution < -0.4 is 15.4 Å². The number of benzene rings is 1. The van der Waals surface area contributed by atoms with Crippen LogP contribution in [0.3, 0.4) is 0 Å². The van der Waals surface area contributed by atoms with Crippen LogP contribution >= 0.6 is 11.6 Å². The molecule has 3 N–H and O–H groups in total. The molecule has 0 spiro atoms. The Hall–Kier alpha value is -3.26. The highest BCUT2D eigenvalue weighted by molar-refractivity contribution is 6.33. The molecule has 9 heteroatoms. The van der Waals surface area contributed by atoms with Gasteiger partial charge in [0.1, 0.15) is 5.75 Å². The number of carbonyl (C=O) groups excluding carboxylic acids is 1. The molecule has 146 valence electrons. The fraction of sp³-hybridized carbons (Fsp3) is 0.211. The van der Waals surface area contributed by atoms with Gasteiger partial charge in [0, 0.05) is 18.3 Å². The van der Waals surface area contributed by atoms with E-state index in [1.165, 1.54) is 0 Å². The number of carbonyl (C=O) groups is 2. The minimum Gasteiger partial charge on any atom is -0.497 e. The van der Waals surface area contributed by atoms with Gasteiger partial charge in [-0.3, -0.25) is 9.20 Å². The van der Waals surface area contributed by atoms with E-state index in [9.17, 15) is 9.59 Å². The number of amides is 2. The molecule has 0 saturated heterocycles. The SMILES string of the molecule is CCNC(=O)Nc1ccc(-c2ccc(OC)cc2Cl)n2cc(CC(=O)O)nc12. The minimum absolute atomic E-state index is 0.238. The monoisotopic (exact) mass is 402 g/mol. The van der Waals surface area contributed by atoms with Crippen LogP contribution in [0.4, 0.5) is 10.5 Å². The summed E-state index contributed by atoms with van der Waals surface area (Å²) in [4.78, 5) is 27.4. The van der Waals surface area contributed by atoms with Gasteiger partial charge in [0.15, 0.2) is 5.65 Å². The van der Waals surface area contributed by atoms with E-state index in [1.807, 2.05) is 13.0 Å². The lowest BCUT2D eigenvalue weighted by Gasteiger charge is -2.12. The number of ether oxygens (including phenoxy) is 1. The lowest BCUT2D eigenvalue weighted by Crippen LogP contribution is -2.28. The highest BCUT2D eigenvalue weighted by Gasteiger charge is 2.16. The summed E-state index contributed by atoms with van der Waals surface area (Å²) >= 11 is 6.41. The number of halogens is 1. The van der Waals surface area contributed by atoms with Crippen molar-refractivity contribution in [3.63, 3.8) is 0 Å². The van der Waals surface area contributed by atoms with Crippen molar-refractivity contribution in [2.75, 3.05) is 19.0 Å². The van der Waals surface area contributed by atoms with Crippen LogP contribution in [-0.2, 0) is 11.2 Å².